The molecule has 1 aliphatic rings. The van der Waals surface area contributed by atoms with Crippen LogP contribution in [0.4, 0.5) is 11.4 Å². The standard InChI is InChI=1S/C17H16N2O3S/c1-10-6-7-11(13(20)8-10)18-16(21)9-15-17(22)19-12-4-2-3-5-14(12)23-15/h2-8,15,20H,9H2,1H3,(H,18,21)(H,19,22)/t15-/m0/s1. The normalized spacial score (nSPS) is 16.4. The highest BCUT2D eigenvalue weighted by Gasteiger charge is 2.28. The first-order valence-electron chi connectivity index (χ1n) is 7.19. The lowest BCUT2D eigenvalue weighted by atomic mass is 10.2. The minimum Gasteiger partial charge on any atom is -0.506 e. The van der Waals surface area contributed by atoms with E-state index in [2.05, 4.69) is 10.6 Å². The molecule has 118 valence electrons. The highest BCUT2D eigenvalue weighted by atomic mass is 32.2. The van der Waals surface area contributed by atoms with E-state index in [1.165, 1.54) is 11.8 Å². The van der Waals surface area contributed by atoms with Crippen molar-refractivity contribution in [3.05, 3.63) is 48.0 Å². The van der Waals surface area contributed by atoms with Crippen LogP contribution < -0.4 is 10.6 Å². The summed E-state index contributed by atoms with van der Waals surface area (Å²) in [5.41, 5.74) is 2.02. The molecule has 6 heteroatoms. The van der Waals surface area contributed by atoms with Crippen LogP contribution in [0.1, 0.15) is 12.0 Å². The molecule has 5 nitrogen and oxygen atoms in total. The second-order valence-electron chi connectivity index (χ2n) is 5.36. The molecule has 0 aromatic heterocycles. The second-order valence-corrected chi connectivity index (χ2v) is 6.61. The van der Waals surface area contributed by atoms with E-state index >= 15 is 0 Å². The zero-order valence-corrected chi connectivity index (χ0v) is 13.3. The van der Waals surface area contributed by atoms with Gasteiger partial charge >= 0.3 is 0 Å². The zero-order valence-electron chi connectivity index (χ0n) is 12.5. The van der Waals surface area contributed by atoms with E-state index < -0.39 is 5.25 Å². The number of hydrogen-bond donors (Lipinski definition) is 3. The fourth-order valence-electron chi connectivity index (χ4n) is 2.34. The zero-order chi connectivity index (χ0) is 16.4. The van der Waals surface area contributed by atoms with Crippen molar-refractivity contribution in [2.75, 3.05) is 10.6 Å². The van der Waals surface area contributed by atoms with Crippen molar-refractivity contribution in [2.24, 2.45) is 0 Å². The molecule has 0 aliphatic carbocycles. The van der Waals surface area contributed by atoms with Crippen LogP contribution in [0.2, 0.25) is 0 Å². The number of hydrogen-bond acceptors (Lipinski definition) is 4. The van der Waals surface area contributed by atoms with E-state index in [0.29, 0.717) is 5.69 Å². The maximum absolute atomic E-state index is 12.2. The van der Waals surface area contributed by atoms with E-state index in [9.17, 15) is 14.7 Å². The summed E-state index contributed by atoms with van der Waals surface area (Å²) in [6, 6.07) is 12.5. The largest absolute Gasteiger partial charge is 0.506 e. The quantitative estimate of drug-likeness (QED) is 0.756. The Hall–Kier alpha value is -2.47. The molecule has 0 radical (unpaired) electrons. The van der Waals surface area contributed by atoms with Gasteiger partial charge in [0, 0.05) is 11.3 Å². The summed E-state index contributed by atoms with van der Waals surface area (Å²) >= 11 is 1.38. The SMILES string of the molecule is Cc1ccc(NC(=O)C[C@@H]2Sc3ccccc3NC2=O)c(O)c1. The Morgan fingerprint density at radius 3 is 2.87 bits per heavy atom. The van der Waals surface area contributed by atoms with Crippen LogP contribution in [0.15, 0.2) is 47.4 Å². The predicted molar refractivity (Wildman–Crippen MR) is 90.8 cm³/mol. The van der Waals surface area contributed by atoms with E-state index in [0.717, 1.165) is 16.1 Å². The summed E-state index contributed by atoms with van der Waals surface area (Å²) in [7, 11) is 0. The van der Waals surface area contributed by atoms with Gasteiger partial charge in [0.2, 0.25) is 11.8 Å². The molecule has 0 unspecified atom stereocenters. The lowest BCUT2D eigenvalue weighted by molar-refractivity contribution is -0.120. The number of fused-ring (bicyclic) bond motifs is 1. The molecule has 2 aromatic rings. The molecule has 0 spiro atoms. The van der Waals surface area contributed by atoms with Crippen molar-refractivity contribution < 1.29 is 14.7 Å². The van der Waals surface area contributed by atoms with Crippen LogP contribution >= 0.6 is 11.8 Å². The molecule has 1 atom stereocenters. The fourth-order valence-corrected chi connectivity index (χ4v) is 3.45. The van der Waals surface area contributed by atoms with Gasteiger partial charge in [0.1, 0.15) is 5.75 Å². The summed E-state index contributed by atoms with van der Waals surface area (Å²) in [4.78, 5) is 25.2. The van der Waals surface area contributed by atoms with Crippen LogP contribution in [0, 0.1) is 6.92 Å². The molecule has 2 aromatic carbocycles. The Balaban J connectivity index is 1.67. The predicted octanol–water partition coefficient (Wildman–Crippen LogP) is 3.14. The van der Waals surface area contributed by atoms with Crippen molar-refractivity contribution in [1.82, 2.24) is 0 Å². The number of amides is 2. The van der Waals surface area contributed by atoms with E-state index in [4.69, 9.17) is 0 Å². The van der Waals surface area contributed by atoms with Gasteiger partial charge in [0.05, 0.1) is 16.6 Å². The molecule has 3 N–H and O–H groups in total. The van der Waals surface area contributed by atoms with Crippen LogP contribution in [-0.4, -0.2) is 22.2 Å². The second kappa shape index (κ2) is 6.34. The molecule has 1 aliphatic heterocycles. The Morgan fingerprint density at radius 1 is 1.30 bits per heavy atom. The summed E-state index contributed by atoms with van der Waals surface area (Å²) in [5, 5.41) is 14.8. The van der Waals surface area contributed by atoms with Crippen LogP contribution in [0.3, 0.4) is 0 Å². The third-order valence-corrected chi connectivity index (χ3v) is 4.78. The van der Waals surface area contributed by atoms with Crippen LogP contribution in [0.25, 0.3) is 0 Å². The summed E-state index contributed by atoms with van der Waals surface area (Å²) < 4.78 is 0. The first-order chi connectivity index (χ1) is 11.0. The average Bonchev–Trinajstić information content (AvgIpc) is 2.51. The molecular weight excluding hydrogens is 312 g/mol. The monoisotopic (exact) mass is 328 g/mol. The van der Waals surface area contributed by atoms with Gasteiger partial charge in [0.15, 0.2) is 0 Å². The Labute approximate surface area is 138 Å². The molecular formula is C17H16N2O3S. The number of phenolic OH excluding ortho intramolecular Hbond substituents is 1. The molecule has 0 saturated carbocycles. The summed E-state index contributed by atoms with van der Waals surface area (Å²) in [6.45, 7) is 1.85. The van der Waals surface area contributed by atoms with Crippen LogP contribution in [-0.2, 0) is 9.59 Å². The minimum atomic E-state index is -0.488. The number of rotatable bonds is 3. The van der Waals surface area contributed by atoms with E-state index in [-0.39, 0.29) is 24.0 Å². The number of aryl methyl sites for hydroxylation is 1. The van der Waals surface area contributed by atoms with Crippen molar-refractivity contribution in [2.45, 2.75) is 23.5 Å². The Bertz CT molecular complexity index is 776. The van der Waals surface area contributed by atoms with Crippen LogP contribution in [0.5, 0.6) is 5.75 Å². The van der Waals surface area contributed by atoms with Gasteiger partial charge in [0.25, 0.3) is 0 Å². The first-order valence-corrected chi connectivity index (χ1v) is 8.07. The van der Waals surface area contributed by atoms with Crippen molar-refractivity contribution in [1.29, 1.82) is 0 Å². The number of para-hydroxylation sites is 1. The molecule has 2 amide bonds. The maximum atomic E-state index is 12.2. The van der Waals surface area contributed by atoms with Gasteiger partial charge in [-0.05, 0) is 36.8 Å². The number of phenols is 1. The fraction of sp³-hybridized carbons (Fsp3) is 0.176. The number of carbonyl (C=O) groups excluding carboxylic acids is 2. The highest BCUT2D eigenvalue weighted by molar-refractivity contribution is 8.01. The smallest absolute Gasteiger partial charge is 0.238 e. The Kier molecular flexibility index (Phi) is 4.25. The summed E-state index contributed by atoms with van der Waals surface area (Å²) in [6.07, 6.45) is 0.0398. The van der Waals surface area contributed by atoms with Gasteiger partial charge in [-0.3, -0.25) is 9.59 Å². The number of thioether (sulfide) groups is 1. The molecule has 0 fully saturated rings. The third kappa shape index (κ3) is 3.48. The first kappa shape index (κ1) is 15.4. The average molecular weight is 328 g/mol. The third-order valence-electron chi connectivity index (χ3n) is 3.50. The molecule has 0 saturated heterocycles. The number of benzene rings is 2. The topological polar surface area (TPSA) is 78.4 Å². The summed E-state index contributed by atoms with van der Waals surface area (Å²) in [5.74, 6) is -0.474. The number of aromatic hydroxyl groups is 1. The van der Waals surface area contributed by atoms with E-state index in [1.54, 1.807) is 18.2 Å². The van der Waals surface area contributed by atoms with Gasteiger partial charge in [-0.15, -0.1) is 11.8 Å². The van der Waals surface area contributed by atoms with Crippen molar-refractivity contribution in [3.8, 4) is 5.75 Å². The number of carbonyl (C=O) groups is 2. The Morgan fingerprint density at radius 2 is 2.09 bits per heavy atom. The number of nitrogens with one attached hydrogen (secondary N) is 2. The molecule has 3 rings (SSSR count). The van der Waals surface area contributed by atoms with Crippen molar-refractivity contribution in [3.63, 3.8) is 0 Å². The molecule has 0 bridgehead atoms. The minimum absolute atomic E-state index is 0.0180. The lowest BCUT2D eigenvalue weighted by Gasteiger charge is -2.23. The van der Waals surface area contributed by atoms with E-state index in [1.807, 2.05) is 31.2 Å². The maximum Gasteiger partial charge on any atom is 0.238 e. The highest BCUT2D eigenvalue weighted by Crippen LogP contribution is 2.36. The lowest BCUT2D eigenvalue weighted by Crippen LogP contribution is -2.32. The van der Waals surface area contributed by atoms with Gasteiger partial charge in [-0.2, -0.15) is 0 Å². The number of anilines is 2. The van der Waals surface area contributed by atoms with Gasteiger partial charge < -0.3 is 15.7 Å². The van der Waals surface area contributed by atoms with Gasteiger partial charge in [-0.25, -0.2) is 0 Å². The molecule has 1 heterocycles. The molecule has 23 heavy (non-hydrogen) atoms. The van der Waals surface area contributed by atoms with Crippen molar-refractivity contribution >= 4 is 35.0 Å². The van der Waals surface area contributed by atoms with Gasteiger partial charge in [-0.1, -0.05) is 18.2 Å².